The second-order valence-corrected chi connectivity index (χ2v) is 6.54. The Morgan fingerprint density at radius 1 is 1.39 bits per heavy atom. The van der Waals surface area contributed by atoms with Gasteiger partial charge in [-0.25, -0.2) is 4.98 Å². The fourth-order valence-corrected chi connectivity index (χ4v) is 3.28. The summed E-state index contributed by atoms with van der Waals surface area (Å²) in [6.07, 6.45) is 5.48. The topological polar surface area (TPSA) is 17.8 Å². The minimum absolute atomic E-state index is 0.496. The number of fused-ring (bicyclic) bond motifs is 1. The maximum absolute atomic E-state index is 6.02. The molecule has 0 radical (unpaired) electrons. The Balaban J connectivity index is 1.91. The number of halogens is 2. The summed E-state index contributed by atoms with van der Waals surface area (Å²) < 4.78 is 3.53. The molecule has 0 spiro atoms. The first-order chi connectivity index (χ1) is 8.78. The quantitative estimate of drug-likeness (QED) is 0.566. The number of hydrogen-bond acceptors (Lipinski definition) is 1. The lowest BCUT2D eigenvalue weighted by Crippen LogP contribution is -2.14. The van der Waals surface area contributed by atoms with Crippen LogP contribution in [0, 0.1) is 9.49 Å². The second kappa shape index (κ2) is 5.37. The zero-order chi connectivity index (χ0) is 12.5. The monoisotopic (exact) mass is 374 g/mol. The predicted molar refractivity (Wildman–Crippen MR) is 84.0 cm³/mol. The molecule has 0 aliphatic heterocycles. The molecule has 0 N–H and O–H groups in total. The molecule has 0 amide bonds. The normalized spacial score (nSPS) is 16.1. The molecule has 1 fully saturated rings. The van der Waals surface area contributed by atoms with E-state index in [2.05, 4.69) is 50.3 Å². The number of rotatable bonds is 4. The number of imidazole rings is 1. The summed E-state index contributed by atoms with van der Waals surface area (Å²) in [5, 5.41) is 0. The predicted octanol–water partition coefficient (Wildman–Crippen LogP) is 4.57. The van der Waals surface area contributed by atoms with Crippen LogP contribution >= 0.6 is 34.2 Å². The largest absolute Gasteiger partial charge is 0.327 e. The third-order valence-electron chi connectivity index (χ3n) is 3.89. The van der Waals surface area contributed by atoms with Crippen molar-refractivity contribution in [2.45, 2.75) is 38.1 Å². The average Bonchev–Trinajstić information content (AvgIpc) is 2.64. The average molecular weight is 375 g/mol. The molecule has 1 aromatic carbocycles. The Kier molecular flexibility index (Phi) is 3.80. The van der Waals surface area contributed by atoms with Crippen molar-refractivity contribution >= 4 is 45.2 Å². The first-order valence-corrected chi connectivity index (χ1v) is 8.10. The fraction of sp³-hybridized carbons (Fsp3) is 0.500. The Hall–Kier alpha value is -0.290. The van der Waals surface area contributed by atoms with Gasteiger partial charge in [0.2, 0.25) is 0 Å². The lowest BCUT2D eigenvalue weighted by molar-refractivity contribution is 0.282. The molecule has 2 aromatic rings. The van der Waals surface area contributed by atoms with Crippen molar-refractivity contribution in [2.75, 3.05) is 0 Å². The van der Waals surface area contributed by atoms with E-state index >= 15 is 0 Å². The van der Waals surface area contributed by atoms with Crippen LogP contribution in [-0.2, 0) is 12.4 Å². The van der Waals surface area contributed by atoms with E-state index in [0.717, 1.165) is 23.8 Å². The highest BCUT2D eigenvalue weighted by molar-refractivity contribution is 14.1. The fourth-order valence-electron chi connectivity index (χ4n) is 2.60. The Labute approximate surface area is 126 Å². The Morgan fingerprint density at radius 3 is 2.89 bits per heavy atom. The summed E-state index contributed by atoms with van der Waals surface area (Å²) in [6, 6.07) is 6.44. The van der Waals surface area contributed by atoms with E-state index in [-0.39, 0.29) is 0 Å². The summed E-state index contributed by atoms with van der Waals surface area (Å²) in [7, 11) is 0. The molecule has 3 rings (SSSR count). The van der Waals surface area contributed by atoms with Crippen LogP contribution in [0.5, 0.6) is 0 Å². The van der Waals surface area contributed by atoms with E-state index in [1.165, 1.54) is 34.8 Å². The van der Waals surface area contributed by atoms with Crippen LogP contribution in [0.15, 0.2) is 18.2 Å². The van der Waals surface area contributed by atoms with Gasteiger partial charge in [0.05, 0.1) is 16.9 Å². The van der Waals surface area contributed by atoms with Gasteiger partial charge in [0.15, 0.2) is 0 Å². The molecule has 1 aliphatic rings. The summed E-state index contributed by atoms with van der Waals surface area (Å²) >= 11 is 8.35. The molecule has 0 unspecified atom stereocenters. The minimum atomic E-state index is 0.496. The van der Waals surface area contributed by atoms with Crippen molar-refractivity contribution in [1.82, 2.24) is 9.55 Å². The molecule has 0 bridgehead atoms. The van der Waals surface area contributed by atoms with Gasteiger partial charge in [0.1, 0.15) is 5.82 Å². The van der Waals surface area contributed by atoms with Gasteiger partial charge in [-0.2, -0.15) is 0 Å². The van der Waals surface area contributed by atoms with Crippen molar-refractivity contribution < 1.29 is 0 Å². The molecule has 1 heterocycles. The zero-order valence-corrected chi connectivity index (χ0v) is 13.1. The third kappa shape index (κ3) is 2.39. The molecule has 2 nitrogen and oxygen atoms in total. The van der Waals surface area contributed by atoms with Crippen LogP contribution in [0.4, 0.5) is 0 Å². The molecule has 1 saturated carbocycles. The standard InChI is InChI=1S/C14H16ClIN2/c15-9-14-17-12-8-11(16)4-5-13(12)18(14)7-6-10-2-1-3-10/h4-5,8,10H,1-3,6-7,9H2. The first-order valence-electron chi connectivity index (χ1n) is 6.48. The summed E-state index contributed by atoms with van der Waals surface area (Å²) in [4.78, 5) is 4.64. The lowest BCUT2D eigenvalue weighted by atomic mass is 9.83. The molecule has 0 atom stereocenters. The Bertz CT molecular complexity index is 560. The van der Waals surface area contributed by atoms with Crippen molar-refractivity contribution in [1.29, 1.82) is 0 Å². The van der Waals surface area contributed by atoms with Gasteiger partial charge in [0.25, 0.3) is 0 Å². The van der Waals surface area contributed by atoms with Gasteiger partial charge in [-0.15, -0.1) is 11.6 Å². The van der Waals surface area contributed by atoms with E-state index in [4.69, 9.17) is 11.6 Å². The minimum Gasteiger partial charge on any atom is -0.327 e. The number of alkyl halides is 1. The summed E-state index contributed by atoms with van der Waals surface area (Å²) in [6.45, 7) is 1.06. The molecule has 1 aromatic heterocycles. The number of aromatic nitrogens is 2. The van der Waals surface area contributed by atoms with Gasteiger partial charge < -0.3 is 4.57 Å². The van der Waals surface area contributed by atoms with Crippen LogP contribution in [0.3, 0.4) is 0 Å². The molecular formula is C14H16ClIN2. The van der Waals surface area contributed by atoms with E-state index in [0.29, 0.717) is 5.88 Å². The maximum Gasteiger partial charge on any atom is 0.124 e. The Morgan fingerprint density at radius 2 is 2.22 bits per heavy atom. The van der Waals surface area contributed by atoms with Crippen LogP contribution in [0.25, 0.3) is 11.0 Å². The SMILES string of the molecule is ClCc1nc2cc(I)ccc2n1CCC1CCC1. The molecule has 96 valence electrons. The zero-order valence-electron chi connectivity index (χ0n) is 10.2. The van der Waals surface area contributed by atoms with Crippen molar-refractivity contribution in [3.8, 4) is 0 Å². The third-order valence-corrected chi connectivity index (χ3v) is 4.80. The molecule has 4 heteroatoms. The van der Waals surface area contributed by atoms with Crippen LogP contribution < -0.4 is 0 Å². The smallest absolute Gasteiger partial charge is 0.124 e. The number of benzene rings is 1. The first kappa shape index (κ1) is 12.7. The van der Waals surface area contributed by atoms with E-state index in [1.54, 1.807) is 0 Å². The van der Waals surface area contributed by atoms with Gasteiger partial charge in [-0.05, 0) is 53.1 Å². The van der Waals surface area contributed by atoms with E-state index in [1.807, 2.05) is 0 Å². The van der Waals surface area contributed by atoms with E-state index in [9.17, 15) is 0 Å². The summed E-state index contributed by atoms with van der Waals surface area (Å²) in [5.41, 5.74) is 2.30. The van der Waals surface area contributed by atoms with Crippen molar-refractivity contribution in [3.05, 3.63) is 27.6 Å². The van der Waals surface area contributed by atoms with Crippen LogP contribution in [-0.4, -0.2) is 9.55 Å². The van der Waals surface area contributed by atoms with Crippen molar-refractivity contribution in [2.24, 2.45) is 5.92 Å². The van der Waals surface area contributed by atoms with E-state index < -0.39 is 0 Å². The highest BCUT2D eigenvalue weighted by Gasteiger charge is 2.18. The summed E-state index contributed by atoms with van der Waals surface area (Å²) in [5.74, 6) is 2.43. The van der Waals surface area contributed by atoms with Crippen molar-refractivity contribution in [3.63, 3.8) is 0 Å². The van der Waals surface area contributed by atoms with Crippen LogP contribution in [0.2, 0.25) is 0 Å². The number of hydrogen-bond donors (Lipinski definition) is 0. The van der Waals surface area contributed by atoms with Gasteiger partial charge in [-0.3, -0.25) is 0 Å². The molecular weight excluding hydrogens is 359 g/mol. The number of aryl methyl sites for hydroxylation is 1. The highest BCUT2D eigenvalue weighted by Crippen LogP contribution is 2.30. The van der Waals surface area contributed by atoms with Gasteiger partial charge in [0, 0.05) is 10.1 Å². The number of nitrogens with zero attached hydrogens (tertiary/aromatic N) is 2. The lowest BCUT2D eigenvalue weighted by Gasteiger charge is -2.25. The second-order valence-electron chi connectivity index (χ2n) is 5.03. The maximum atomic E-state index is 6.02. The van der Waals surface area contributed by atoms with Gasteiger partial charge >= 0.3 is 0 Å². The van der Waals surface area contributed by atoms with Gasteiger partial charge in [-0.1, -0.05) is 19.3 Å². The molecule has 1 aliphatic carbocycles. The van der Waals surface area contributed by atoms with Crippen LogP contribution in [0.1, 0.15) is 31.5 Å². The highest BCUT2D eigenvalue weighted by atomic mass is 127. The molecule has 18 heavy (non-hydrogen) atoms. The molecule has 0 saturated heterocycles.